The Morgan fingerprint density at radius 2 is 1.95 bits per heavy atom. The zero-order valence-electron chi connectivity index (χ0n) is 11.8. The Balaban J connectivity index is 2.07. The van der Waals surface area contributed by atoms with Gasteiger partial charge in [-0.15, -0.1) is 0 Å². The first-order valence-corrected chi connectivity index (χ1v) is 6.80. The van der Waals surface area contributed by atoms with Crippen molar-refractivity contribution in [2.45, 2.75) is 32.1 Å². The molecule has 1 heterocycles. The molecule has 102 valence electrons. The van der Waals surface area contributed by atoms with Gasteiger partial charge in [0.1, 0.15) is 0 Å². The maximum atomic E-state index is 12.2. The largest absolute Gasteiger partial charge is 0.469 e. The summed E-state index contributed by atoms with van der Waals surface area (Å²) >= 11 is 0. The van der Waals surface area contributed by atoms with Crippen molar-refractivity contribution in [1.29, 1.82) is 0 Å². The molecule has 0 amide bonds. The molecule has 1 saturated carbocycles. The first-order valence-electron chi connectivity index (χ1n) is 6.80. The Kier molecular flexibility index (Phi) is 2.72. The van der Waals surface area contributed by atoms with Crippen LogP contribution < -0.4 is 0 Å². The molecule has 3 rings (SSSR count). The highest BCUT2D eigenvalue weighted by Gasteiger charge is 2.69. The van der Waals surface area contributed by atoms with Crippen LogP contribution in [-0.4, -0.2) is 26.3 Å². The molecule has 2 fully saturated rings. The molecule has 0 unspecified atom stereocenters. The van der Waals surface area contributed by atoms with Crippen LogP contribution in [0.3, 0.4) is 0 Å². The van der Waals surface area contributed by atoms with Gasteiger partial charge in [-0.1, -0.05) is 23.8 Å². The molecule has 0 spiro atoms. The highest BCUT2D eigenvalue weighted by molar-refractivity contribution is 5.83. The lowest BCUT2D eigenvalue weighted by molar-refractivity contribution is -0.164. The highest BCUT2D eigenvalue weighted by atomic mass is 16.5. The van der Waals surface area contributed by atoms with Gasteiger partial charge >= 0.3 is 5.97 Å². The fourth-order valence-electron chi connectivity index (χ4n) is 3.54. The maximum absolute atomic E-state index is 12.2. The van der Waals surface area contributed by atoms with E-state index >= 15 is 0 Å². The summed E-state index contributed by atoms with van der Waals surface area (Å²) < 4.78 is 10.5. The van der Waals surface area contributed by atoms with Crippen LogP contribution in [0.1, 0.15) is 29.5 Å². The van der Waals surface area contributed by atoms with Crippen molar-refractivity contribution in [3.8, 4) is 0 Å². The van der Waals surface area contributed by atoms with E-state index in [0.717, 1.165) is 12.8 Å². The fraction of sp³-hybridized carbons (Fsp3) is 0.562. The summed E-state index contributed by atoms with van der Waals surface area (Å²) in [6.45, 7) is 5.47. The minimum absolute atomic E-state index is 0.0734. The Hall–Kier alpha value is -1.35. The summed E-state index contributed by atoms with van der Waals surface area (Å²) in [6, 6.07) is 6.47. The van der Waals surface area contributed by atoms with Crippen molar-refractivity contribution >= 4 is 5.97 Å². The Labute approximate surface area is 113 Å². The van der Waals surface area contributed by atoms with Gasteiger partial charge in [-0.25, -0.2) is 0 Å². The first-order chi connectivity index (χ1) is 9.06. The highest BCUT2D eigenvalue weighted by Crippen LogP contribution is 2.63. The zero-order chi connectivity index (χ0) is 13.7. The van der Waals surface area contributed by atoms with E-state index in [1.807, 2.05) is 0 Å². The quantitative estimate of drug-likeness (QED) is 0.783. The van der Waals surface area contributed by atoms with Gasteiger partial charge in [0.2, 0.25) is 0 Å². The molecule has 1 aromatic rings. The summed E-state index contributed by atoms with van der Waals surface area (Å²) in [7, 11) is 1.48. The Morgan fingerprint density at radius 3 is 2.37 bits per heavy atom. The molecule has 0 aromatic heterocycles. The molecule has 0 atom stereocenters. The number of hydrogen-bond donors (Lipinski definition) is 0. The number of carbonyl (C=O) groups is 1. The molecule has 2 aliphatic rings. The van der Waals surface area contributed by atoms with Crippen molar-refractivity contribution in [1.82, 2.24) is 0 Å². The molecule has 1 aliphatic heterocycles. The number of carbonyl (C=O) groups excluding carboxylic acids is 1. The van der Waals surface area contributed by atoms with Crippen molar-refractivity contribution in [2.75, 3.05) is 20.3 Å². The van der Waals surface area contributed by atoms with E-state index in [2.05, 4.69) is 32.0 Å². The SMILES string of the molecule is COC(=O)C1(C2(c3ccc(C)cc3C)COC2)CC1. The van der Waals surface area contributed by atoms with Gasteiger partial charge in [0.25, 0.3) is 0 Å². The molecular formula is C16H20O3. The third kappa shape index (κ3) is 1.57. The molecule has 1 aromatic carbocycles. The van der Waals surface area contributed by atoms with E-state index in [-0.39, 0.29) is 16.8 Å². The average molecular weight is 260 g/mol. The number of esters is 1. The Bertz CT molecular complexity index is 525. The summed E-state index contributed by atoms with van der Waals surface area (Å²) in [6.07, 6.45) is 1.83. The van der Waals surface area contributed by atoms with Crippen LogP contribution in [0.2, 0.25) is 0 Å². The van der Waals surface area contributed by atoms with Crippen molar-refractivity contribution in [3.05, 3.63) is 34.9 Å². The number of methoxy groups -OCH3 is 1. The standard InChI is InChI=1S/C16H20O3/c1-11-4-5-13(12(2)8-11)16(9-19-10-16)15(6-7-15)14(17)18-3/h4-5,8H,6-7,9-10H2,1-3H3. The van der Waals surface area contributed by atoms with Crippen LogP contribution in [0.25, 0.3) is 0 Å². The van der Waals surface area contributed by atoms with Crippen LogP contribution in [0.5, 0.6) is 0 Å². The second-order valence-corrected chi connectivity index (χ2v) is 5.97. The average Bonchev–Trinajstić information content (AvgIpc) is 3.11. The zero-order valence-corrected chi connectivity index (χ0v) is 11.8. The normalized spacial score (nSPS) is 22.5. The van der Waals surface area contributed by atoms with Crippen LogP contribution >= 0.6 is 0 Å². The molecule has 1 saturated heterocycles. The molecule has 0 bridgehead atoms. The maximum Gasteiger partial charge on any atom is 0.312 e. The third-order valence-electron chi connectivity index (χ3n) is 4.84. The second kappa shape index (κ2) is 4.07. The topological polar surface area (TPSA) is 35.5 Å². The predicted octanol–water partition coefficient (Wildman–Crippen LogP) is 2.52. The summed E-state index contributed by atoms with van der Waals surface area (Å²) in [5.74, 6) is -0.0734. The molecule has 3 nitrogen and oxygen atoms in total. The third-order valence-corrected chi connectivity index (χ3v) is 4.84. The lowest BCUT2D eigenvalue weighted by Gasteiger charge is -2.47. The summed E-state index contributed by atoms with van der Waals surface area (Å²) in [5, 5.41) is 0. The van der Waals surface area contributed by atoms with Gasteiger partial charge in [-0.2, -0.15) is 0 Å². The van der Waals surface area contributed by atoms with E-state index in [9.17, 15) is 4.79 Å². The van der Waals surface area contributed by atoms with Crippen LogP contribution in [-0.2, 0) is 19.7 Å². The van der Waals surface area contributed by atoms with E-state index < -0.39 is 0 Å². The molecule has 0 N–H and O–H groups in total. The molecule has 0 radical (unpaired) electrons. The van der Waals surface area contributed by atoms with Crippen molar-refractivity contribution in [3.63, 3.8) is 0 Å². The Morgan fingerprint density at radius 1 is 1.26 bits per heavy atom. The van der Waals surface area contributed by atoms with Crippen LogP contribution in [0.4, 0.5) is 0 Å². The minimum Gasteiger partial charge on any atom is -0.469 e. The van der Waals surface area contributed by atoms with Crippen LogP contribution in [0, 0.1) is 19.3 Å². The van der Waals surface area contributed by atoms with Crippen molar-refractivity contribution < 1.29 is 14.3 Å². The number of rotatable bonds is 3. The monoisotopic (exact) mass is 260 g/mol. The van der Waals surface area contributed by atoms with E-state index in [0.29, 0.717) is 13.2 Å². The smallest absolute Gasteiger partial charge is 0.312 e. The van der Waals surface area contributed by atoms with Gasteiger partial charge < -0.3 is 9.47 Å². The number of ether oxygens (including phenoxy) is 2. The number of aryl methyl sites for hydroxylation is 2. The summed E-state index contributed by atoms with van der Waals surface area (Å²) in [5.41, 5.74) is 3.24. The van der Waals surface area contributed by atoms with Crippen molar-refractivity contribution in [2.24, 2.45) is 5.41 Å². The van der Waals surface area contributed by atoms with Gasteiger partial charge in [-0.05, 0) is 37.8 Å². The molecule has 19 heavy (non-hydrogen) atoms. The molecular weight excluding hydrogens is 240 g/mol. The lowest BCUT2D eigenvalue weighted by Crippen LogP contribution is -2.57. The van der Waals surface area contributed by atoms with Gasteiger partial charge in [-0.3, -0.25) is 4.79 Å². The van der Waals surface area contributed by atoms with E-state index in [4.69, 9.17) is 9.47 Å². The second-order valence-electron chi connectivity index (χ2n) is 5.97. The molecule has 3 heteroatoms. The van der Waals surface area contributed by atoms with E-state index in [1.54, 1.807) is 0 Å². The summed E-state index contributed by atoms with van der Waals surface area (Å²) in [4.78, 5) is 12.2. The number of hydrogen-bond acceptors (Lipinski definition) is 3. The van der Waals surface area contributed by atoms with Gasteiger partial charge in [0.15, 0.2) is 0 Å². The van der Waals surface area contributed by atoms with E-state index in [1.165, 1.54) is 23.8 Å². The first kappa shape index (κ1) is 12.7. The molecule has 1 aliphatic carbocycles. The fourth-order valence-corrected chi connectivity index (χ4v) is 3.54. The van der Waals surface area contributed by atoms with Gasteiger partial charge in [0, 0.05) is 0 Å². The lowest BCUT2D eigenvalue weighted by atomic mass is 9.64. The van der Waals surface area contributed by atoms with Crippen LogP contribution in [0.15, 0.2) is 18.2 Å². The van der Waals surface area contributed by atoms with Gasteiger partial charge in [0.05, 0.1) is 31.2 Å². The number of benzene rings is 1. The minimum atomic E-state index is -0.347. The predicted molar refractivity (Wildman–Crippen MR) is 72.1 cm³/mol.